The van der Waals surface area contributed by atoms with E-state index < -0.39 is 0 Å². The number of carbonyl (C=O) groups excluding carboxylic acids is 1. The summed E-state index contributed by atoms with van der Waals surface area (Å²) >= 11 is 0. The first-order valence-electron chi connectivity index (χ1n) is 6.30. The average Bonchev–Trinajstić information content (AvgIpc) is 2.63. The van der Waals surface area contributed by atoms with E-state index in [2.05, 4.69) is 5.10 Å². The number of aldehydes is 1. The molecule has 0 radical (unpaired) electrons. The molecule has 0 aliphatic rings. The lowest BCUT2D eigenvalue weighted by atomic mass is 10.0. The van der Waals surface area contributed by atoms with E-state index in [1.807, 2.05) is 44.6 Å². The molecule has 1 aromatic heterocycles. The fourth-order valence-electron chi connectivity index (χ4n) is 2.28. The van der Waals surface area contributed by atoms with Gasteiger partial charge in [-0.25, -0.2) is 0 Å². The van der Waals surface area contributed by atoms with Gasteiger partial charge in [0.15, 0.2) is 0 Å². The van der Waals surface area contributed by atoms with Gasteiger partial charge in [0.25, 0.3) is 0 Å². The van der Waals surface area contributed by atoms with Crippen LogP contribution in [0.15, 0.2) is 18.2 Å². The van der Waals surface area contributed by atoms with E-state index >= 15 is 0 Å². The third-order valence-corrected chi connectivity index (χ3v) is 3.17. The number of benzene rings is 1. The first-order chi connectivity index (χ1) is 9.06. The Morgan fingerprint density at radius 3 is 2.58 bits per heavy atom. The lowest BCUT2D eigenvalue weighted by molar-refractivity contribution is 0.112. The first-order valence-corrected chi connectivity index (χ1v) is 6.30. The minimum absolute atomic E-state index is 0.576. The molecule has 4 heteroatoms. The molecule has 0 spiro atoms. The van der Waals surface area contributed by atoms with Crippen LogP contribution in [0.2, 0.25) is 0 Å². The van der Waals surface area contributed by atoms with Crippen molar-refractivity contribution in [2.45, 2.75) is 20.8 Å². The first kappa shape index (κ1) is 13.3. The summed E-state index contributed by atoms with van der Waals surface area (Å²) < 4.78 is 7.36. The largest absolute Gasteiger partial charge is 0.494 e. The summed E-state index contributed by atoms with van der Waals surface area (Å²) in [7, 11) is 1.92. The van der Waals surface area contributed by atoms with Crippen molar-refractivity contribution in [1.29, 1.82) is 0 Å². The summed E-state index contributed by atoms with van der Waals surface area (Å²) in [5.74, 6) is 0.713. The van der Waals surface area contributed by atoms with Crippen LogP contribution in [0, 0.1) is 13.8 Å². The van der Waals surface area contributed by atoms with Crippen molar-refractivity contribution in [3.8, 4) is 16.9 Å². The van der Waals surface area contributed by atoms with Crippen LogP contribution in [0.25, 0.3) is 11.1 Å². The number of ether oxygens (including phenoxy) is 1. The molecule has 0 aliphatic carbocycles. The van der Waals surface area contributed by atoms with Gasteiger partial charge in [-0.2, -0.15) is 5.10 Å². The second kappa shape index (κ2) is 5.26. The van der Waals surface area contributed by atoms with Crippen LogP contribution in [0.4, 0.5) is 0 Å². The number of rotatable bonds is 4. The van der Waals surface area contributed by atoms with Crippen LogP contribution < -0.4 is 4.74 Å². The maximum Gasteiger partial charge on any atom is 0.150 e. The number of carbonyl (C=O) groups is 1. The van der Waals surface area contributed by atoms with E-state index in [1.54, 1.807) is 6.07 Å². The van der Waals surface area contributed by atoms with Gasteiger partial charge in [-0.05, 0) is 44.5 Å². The maximum absolute atomic E-state index is 11.0. The Morgan fingerprint density at radius 2 is 2.05 bits per heavy atom. The average molecular weight is 258 g/mol. The summed E-state index contributed by atoms with van der Waals surface area (Å²) in [6.45, 7) is 6.49. The highest BCUT2D eigenvalue weighted by molar-refractivity contribution is 5.81. The lowest BCUT2D eigenvalue weighted by Gasteiger charge is -2.08. The van der Waals surface area contributed by atoms with E-state index in [-0.39, 0.29) is 0 Å². The predicted molar refractivity (Wildman–Crippen MR) is 74.7 cm³/mol. The second-order valence-corrected chi connectivity index (χ2v) is 4.51. The number of aryl methyl sites for hydroxylation is 2. The standard InChI is InChI=1S/C15H18N2O2/c1-5-19-14-7-12(9-18)6-13(8-14)15-10(2)16-17(4)11(15)3/h6-9H,5H2,1-4H3. The zero-order valence-corrected chi connectivity index (χ0v) is 11.7. The van der Waals surface area contributed by atoms with Crippen LogP contribution in [0.3, 0.4) is 0 Å². The van der Waals surface area contributed by atoms with Gasteiger partial charge in [-0.1, -0.05) is 0 Å². The van der Waals surface area contributed by atoms with E-state index in [4.69, 9.17) is 4.74 Å². The Bertz CT molecular complexity index is 615. The molecule has 0 fully saturated rings. The Hall–Kier alpha value is -2.10. The SMILES string of the molecule is CCOc1cc(C=O)cc(-c2c(C)nn(C)c2C)c1. The number of aromatic nitrogens is 2. The molecule has 2 rings (SSSR count). The van der Waals surface area contributed by atoms with Crippen LogP contribution in [-0.4, -0.2) is 22.7 Å². The molecular formula is C15H18N2O2. The van der Waals surface area contributed by atoms with Crippen LogP contribution in [0.1, 0.15) is 28.7 Å². The molecule has 0 bridgehead atoms. The molecular weight excluding hydrogens is 240 g/mol. The van der Waals surface area contributed by atoms with Crippen molar-refractivity contribution in [2.24, 2.45) is 7.05 Å². The van der Waals surface area contributed by atoms with E-state index in [0.29, 0.717) is 17.9 Å². The smallest absolute Gasteiger partial charge is 0.150 e. The molecule has 4 nitrogen and oxygen atoms in total. The van der Waals surface area contributed by atoms with Crippen molar-refractivity contribution >= 4 is 6.29 Å². The Labute approximate surface area is 113 Å². The normalized spacial score (nSPS) is 10.5. The summed E-state index contributed by atoms with van der Waals surface area (Å²) in [5, 5.41) is 4.41. The lowest BCUT2D eigenvalue weighted by Crippen LogP contribution is -1.95. The van der Waals surface area contributed by atoms with Gasteiger partial charge in [0.05, 0.1) is 12.3 Å². The quantitative estimate of drug-likeness (QED) is 0.792. The molecule has 0 amide bonds. The molecule has 19 heavy (non-hydrogen) atoms. The van der Waals surface area contributed by atoms with E-state index in [0.717, 1.165) is 28.8 Å². The van der Waals surface area contributed by atoms with Crippen LogP contribution >= 0.6 is 0 Å². The summed E-state index contributed by atoms with van der Waals surface area (Å²) in [4.78, 5) is 11.0. The van der Waals surface area contributed by atoms with Gasteiger partial charge >= 0.3 is 0 Å². The van der Waals surface area contributed by atoms with Crippen molar-refractivity contribution in [3.63, 3.8) is 0 Å². The molecule has 2 aromatic rings. The zero-order valence-electron chi connectivity index (χ0n) is 11.7. The fourth-order valence-corrected chi connectivity index (χ4v) is 2.28. The zero-order chi connectivity index (χ0) is 14.0. The van der Waals surface area contributed by atoms with Crippen LogP contribution in [0.5, 0.6) is 5.75 Å². The highest BCUT2D eigenvalue weighted by Gasteiger charge is 2.13. The predicted octanol–water partition coefficient (Wildman–Crippen LogP) is 2.92. The minimum Gasteiger partial charge on any atom is -0.494 e. The highest BCUT2D eigenvalue weighted by Crippen LogP contribution is 2.30. The number of nitrogens with zero attached hydrogens (tertiary/aromatic N) is 2. The molecule has 0 saturated carbocycles. The van der Waals surface area contributed by atoms with E-state index in [9.17, 15) is 4.79 Å². The monoisotopic (exact) mass is 258 g/mol. The number of hydrogen-bond donors (Lipinski definition) is 0. The van der Waals surface area contributed by atoms with Crippen LogP contribution in [-0.2, 0) is 7.05 Å². The van der Waals surface area contributed by atoms with Gasteiger partial charge in [0, 0.05) is 23.9 Å². The molecule has 0 saturated heterocycles. The molecule has 100 valence electrons. The maximum atomic E-state index is 11.0. The third kappa shape index (κ3) is 2.52. The summed E-state index contributed by atoms with van der Waals surface area (Å²) in [6, 6.07) is 5.57. The molecule has 1 aromatic carbocycles. The molecule has 0 atom stereocenters. The van der Waals surface area contributed by atoms with Gasteiger partial charge in [0.2, 0.25) is 0 Å². The van der Waals surface area contributed by atoms with Gasteiger partial charge in [-0.3, -0.25) is 9.48 Å². The molecule has 0 unspecified atom stereocenters. The van der Waals surface area contributed by atoms with Crippen molar-refractivity contribution in [3.05, 3.63) is 35.2 Å². The third-order valence-electron chi connectivity index (χ3n) is 3.17. The van der Waals surface area contributed by atoms with Crippen molar-refractivity contribution < 1.29 is 9.53 Å². The van der Waals surface area contributed by atoms with Crippen molar-refractivity contribution in [1.82, 2.24) is 9.78 Å². The topological polar surface area (TPSA) is 44.1 Å². The molecule has 0 N–H and O–H groups in total. The van der Waals surface area contributed by atoms with Gasteiger partial charge in [-0.15, -0.1) is 0 Å². The van der Waals surface area contributed by atoms with Gasteiger partial charge < -0.3 is 4.74 Å². The Balaban J connectivity index is 2.60. The fraction of sp³-hybridized carbons (Fsp3) is 0.333. The minimum atomic E-state index is 0.576. The summed E-state index contributed by atoms with van der Waals surface area (Å²) in [6.07, 6.45) is 0.840. The van der Waals surface area contributed by atoms with Crippen molar-refractivity contribution in [2.75, 3.05) is 6.61 Å². The van der Waals surface area contributed by atoms with E-state index in [1.165, 1.54) is 0 Å². The van der Waals surface area contributed by atoms with Gasteiger partial charge in [0.1, 0.15) is 12.0 Å². The highest BCUT2D eigenvalue weighted by atomic mass is 16.5. The molecule has 0 aliphatic heterocycles. The molecule has 1 heterocycles. The summed E-state index contributed by atoms with van der Waals surface area (Å²) in [5.41, 5.74) is 4.67. The Morgan fingerprint density at radius 1 is 1.32 bits per heavy atom. The number of hydrogen-bond acceptors (Lipinski definition) is 3. The second-order valence-electron chi connectivity index (χ2n) is 4.51. The Kier molecular flexibility index (Phi) is 3.69.